The summed E-state index contributed by atoms with van der Waals surface area (Å²) >= 11 is 1.29. The Balaban J connectivity index is 1.56. The van der Waals surface area contributed by atoms with E-state index in [-0.39, 0.29) is 11.8 Å². The molecule has 1 N–H and O–H groups in total. The molecule has 0 fully saturated rings. The van der Waals surface area contributed by atoms with Gasteiger partial charge in [0.1, 0.15) is 16.7 Å². The summed E-state index contributed by atoms with van der Waals surface area (Å²) in [4.78, 5) is 26.6. The fraction of sp³-hybridized carbons (Fsp3) is 0.286. The number of amides is 1. The van der Waals surface area contributed by atoms with Gasteiger partial charge in [0.15, 0.2) is 10.8 Å². The standard InChI is InChI=1S/C21H21N5O3S/c1-11(2)16(20-25-18(26-29-20)14-6-5-9-22-10-14)24-19(27)17-13(4)23-21(30-17)15-8-7-12(3)28-15/h5-11,16H,1-4H3,(H,24,27). The van der Waals surface area contributed by atoms with Crippen LogP contribution in [0, 0.1) is 19.8 Å². The van der Waals surface area contributed by atoms with Gasteiger partial charge in [-0.2, -0.15) is 4.98 Å². The quantitative estimate of drug-likeness (QED) is 0.483. The summed E-state index contributed by atoms with van der Waals surface area (Å²) < 4.78 is 11.1. The van der Waals surface area contributed by atoms with Crippen molar-refractivity contribution in [2.75, 3.05) is 0 Å². The molecule has 4 aromatic heterocycles. The maximum Gasteiger partial charge on any atom is 0.263 e. The highest BCUT2D eigenvalue weighted by molar-refractivity contribution is 7.17. The van der Waals surface area contributed by atoms with Gasteiger partial charge < -0.3 is 14.3 Å². The number of hydrogen-bond donors (Lipinski definition) is 1. The van der Waals surface area contributed by atoms with Gasteiger partial charge in [-0.15, -0.1) is 11.3 Å². The molecule has 0 radical (unpaired) electrons. The first-order valence-electron chi connectivity index (χ1n) is 9.51. The van der Waals surface area contributed by atoms with Crippen molar-refractivity contribution in [3.05, 3.63) is 58.9 Å². The Hall–Kier alpha value is -3.33. The van der Waals surface area contributed by atoms with Crippen LogP contribution >= 0.6 is 11.3 Å². The first kappa shape index (κ1) is 20.0. The van der Waals surface area contributed by atoms with E-state index in [4.69, 9.17) is 8.94 Å². The largest absolute Gasteiger partial charge is 0.459 e. The lowest BCUT2D eigenvalue weighted by atomic mass is 10.0. The van der Waals surface area contributed by atoms with Crippen LogP contribution in [0.2, 0.25) is 0 Å². The second kappa shape index (κ2) is 8.19. The van der Waals surface area contributed by atoms with Crippen molar-refractivity contribution >= 4 is 17.2 Å². The minimum atomic E-state index is -0.439. The second-order valence-electron chi connectivity index (χ2n) is 7.24. The monoisotopic (exact) mass is 423 g/mol. The zero-order valence-corrected chi connectivity index (χ0v) is 17.9. The van der Waals surface area contributed by atoms with Crippen molar-refractivity contribution in [1.82, 2.24) is 25.4 Å². The number of nitrogens with zero attached hydrogens (tertiary/aromatic N) is 4. The Bertz CT molecular complexity index is 1160. The number of rotatable bonds is 6. The molecule has 0 aromatic carbocycles. The topological polar surface area (TPSA) is 107 Å². The van der Waals surface area contributed by atoms with E-state index < -0.39 is 6.04 Å². The number of aromatic nitrogens is 4. The number of furan rings is 1. The molecular weight excluding hydrogens is 402 g/mol. The predicted molar refractivity (Wildman–Crippen MR) is 112 cm³/mol. The third kappa shape index (κ3) is 4.02. The summed E-state index contributed by atoms with van der Waals surface area (Å²) in [6.07, 6.45) is 3.34. The zero-order chi connectivity index (χ0) is 21.3. The van der Waals surface area contributed by atoms with Gasteiger partial charge in [-0.25, -0.2) is 4.98 Å². The molecule has 0 aliphatic heterocycles. The Morgan fingerprint density at radius 2 is 2.00 bits per heavy atom. The minimum absolute atomic E-state index is 0.0385. The van der Waals surface area contributed by atoms with Crippen LogP contribution in [0.5, 0.6) is 0 Å². The number of carbonyl (C=O) groups excluding carboxylic acids is 1. The molecule has 0 aliphatic rings. The minimum Gasteiger partial charge on any atom is -0.459 e. The molecule has 0 saturated heterocycles. The van der Waals surface area contributed by atoms with Gasteiger partial charge in [0.05, 0.1) is 5.69 Å². The molecule has 154 valence electrons. The van der Waals surface area contributed by atoms with Gasteiger partial charge in [0.25, 0.3) is 5.91 Å². The Kier molecular flexibility index (Phi) is 5.45. The molecule has 1 atom stereocenters. The van der Waals surface area contributed by atoms with E-state index in [1.54, 1.807) is 18.5 Å². The van der Waals surface area contributed by atoms with Crippen molar-refractivity contribution < 1.29 is 13.7 Å². The van der Waals surface area contributed by atoms with Crippen LogP contribution in [0.3, 0.4) is 0 Å². The number of hydrogen-bond acceptors (Lipinski definition) is 8. The van der Waals surface area contributed by atoms with Gasteiger partial charge in [0.2, 0.25) is 11.7 Å². The van der Waals surface area contributed by atoms with Crippen LogP contribution < -0.4 is 5.32 Å². The van der Waals surface area contributed by atoms with Gasteiger partial charge in [-0.05, 0) is 44.0 Å². The fourth-order valence-corrected chi connectivity index (χ4v) is 3.89. The maximum absolute atomic E-state index is 13.0. The predicted octanol–water partition coefficient (Wildman–Crippen LogP) is 4.59. The highest BCUT2D eigenvalue weighted by Crippen LogP contribution is 2.30. The van der Waals surface area contributed by atoms with Crippen LogP contribution in [0.4, 0.5) is 0 Å². The number of aryl methyl sites for hydroxylation is 2. The van der Waals surface area contributed by atoms with Crippen molar-refractivity contribution in [2.45, 2.75) is 33.7 Å². The molecule has 1 unspecified atom stereocenters. The molecule has 9 heteroatoms. The second-order valence-corrected chi connectivity index (χ2v) is 8.24. The van der Waals surface area contributed by atoms with Crippen molar-refractivity contribution in [2.24, 2.45) is 5.92 Å². The first-order valence-corrected chi connectivity index (χ1v) is 10.3. The molecule has 0 bridgehead atoms. The molecule has 1 amide bonds. The summed E-state index contributed by atoms with van der Waals surface area (Å²) in [6, 6.07) is 6.94. The summed E-state index contributed by atoms with van der Waals surface area (Å²) in [5.41, 5.74) is 1.39. The highest BCUT2D eigenvalue weighted by Gasteiger charge is 2.27. The Morgan fingerprint density at radius 3 is 2.67 bits per heavy atom. The molecular formula is C21H21N5O3S. The average Bonchev–Trinajstić information content (AvgIpc) is 3.46. The smallest absolute Gasteiger partial charge is 0.263 e. The normalized spacial score (nSPS) is 12.3. The van der Waals surface area contributed by atoms with Crippen molar-refractivity contribution in [3.63, 3.8) is 0 Å². The molecule has 8 nitrogen and oxygen atoms in total. The molecule has 4 aromatic rings. The SMILES string of the molecule is Cc1ccc(-c2nc(C)c(C(=O)NC(c3nc(-c4cccnc4)no3)C(C)C)s2)o1. The molecule has 30 heavy (non-hydrogen) atoms. The van der Waals surface area contributed by atoms with Crippen LogP contribution in [-0.2, 0) is 0 Å². The van der Waals surface area contributed by atoms with Crippen molar-refractivity contribution in [3.8, 4) is 22.2 Å². The first-order chi connectivity index (χ1) is 14.4. The fourth-order valence-electron chi connectivity index (χ4n) is 2.96. The van der Waals surface area contributed by atoms with Crippen LogP contribution in [0.1, 0.15) is 46.9 Å². The van der Waals surface area contributed by atoms with E-state index in [9.17, 15) is 4.79 Å². The van der Waals surface area contributed by atoms with Crippen molar-refractivity contribution in [1.29, 1.82) is 0 Å². The molecule has 4 rings (SSSR count). The van der Waals surface area contributed by atoms with E-state index in [0.29, 0.717) is 33.1 Å². The van der Waals surface area contributed by atoms with E-state index in [1.165, 1.54) is 11.3 Å². The third-order valence-electron chi connectivity index (χ3n) is 4.53. The third-order valence-corrected chi connectivity index (χ3v) is 5.71. The number of carbonyl (C=O) groups is 1. The van der Waals surface area contributed by atoms with Crippen LogP contribution in [0.15, 0.2) is 45.6 Å². The maximum atomic E-state index is 13.0. The average molecular weight is 423 g/mol. The Labute approximate surface area is 177 Å². The summed E-state index contributed by atoms with van der Waals surface area (Å²) in [7, 11) is 0. The van der Waals surface area contributed by atoms with Crippen LogP contribution in [0.25, 0.3) is 22.2 Å². The van der Waals surface area contributed by atoms with Gasteiger partial charge in [-0.1, -0.05) is 19.0 Å². The highest BCUT2D eigenvalue weighted by atomic mass is 32.1. The molecule has 4 heterocycles. The Morgan fingerprint density at radius 1 is 1.17 bits per heavy atom. The molecule has 0 saturated carbocycles. The van der Waals surface area contributed by atoms with E-state index >= 15 is 0 Å². The van der Waals surface area contributed by atoms with E-state index in [0.717, 1.165) is 11.3 Å². The summed E-state index contributed by atoms with van der Waals surface area (Å²) in [6.45, 7) is 7.64. The van der Waals surface area contributed by atoms with Crippen LogP contribution in [-0.4, -0.2) is 26.0 Å². The lowest BCUT2D eigenvalue weighted by molar-refractivity contribution is 0.0917. The van der Waals surface area contributed by atoms with Gasteiger partial charge >= 0.3 is 0 Å². The zero-order valence-electron chi connectivity index (χ0n) is 17.0. The number of nitrogens with one attached hydrogen (secondary N) is 1. The molecule has 0 spiro atoms. The summed E-state index contributed by atoms with van der Waals surface area (Å²) in [5.74, 6) is 2.03. The number of thiazole rings is 1. The molecule has 0 aliphatic carbocycles. The lowest BCUT2D eigenvalue weighted by Crippen LogP contribution is -2.32. The number of pyridine rings is 1. The van der Waals surface area contributed by atoms with Gasteiger partial charge in [0, 0.05) is 18.0 Å². The van der Waals surface area contributed by atoms with E-state index in [1.807, 2.05) is 45.9 Å². The van der Waals surface area contributed by atoms with E-state index in [2.05, 4.69) is 25.4 Å². The lowest BCUT2D eigenvalue weighted by Gasteiger charge is -2.18. The summed E-state index contributed by atoms with van der Waals surface area (Å²) in [5, 5.41) is 7.72. The van der Waals surface area contributed by atoms with Gasteiger partial charge in [-0.3, -0.25) is 9.78 Å².